The lowest BCUT2D eigenvalue weighted by molar-refractivity contribution is -0.263. The van der Waals surface area contributed by atoms with Crippen LogP contribution in [0.3, 0.4) is 0 Å². The van der Waals surface area contributed by atoms with Gasteiger partial charge in [-0.2, -0.15) is 13.2 Å². The molecule has 0 aliphatic carbocycles. The molecule has 2 rings (SSSR count). The molecule has 0 spiro atoms. The van der Waals surface area contributed by atoms with Gasteiger partial charge in [-0.05, 0) is 31.4 Å². The lowest BCUT2D eigenvalue weighted by Crippen LogP contribution is -2.46. The molecule has 0 bridgehead atoms. The topological polar surface area (TPSA) is 53.4 Å². The van der Waals surface area contributed by atoms with E-state index in [9.17, 15) is 23.1 Å². The van der Waals surface area contributed by atoms with Gasteiger partial charge in [0.15, 0.2) is 5.60 Å². The third-order valence-corrected chi connectivity index (χ3v) is 3.90. The molecule has 1 amide bonds. The molecule has 1 aromatic rings. The van der Waals surface area contributed by atoms with Crippen molar-refractivity contribution in [3.8, 4) is 0 Å². The van der Waals surface area contributed by atoms with E-state index in [1.54, 1.807) is 19.2 Å². The van der Waals surface area contributed by atoms with Crippen molar-refractivity contribution in [1.82, 2.24) is 9.88 Å². The molecule has 1 aliphatic heterocycles. The second-order valence-electron chi connectivity index (χ2n) is 5.37. The first-order chi connectivity index (χ1) is 9.74. The summed E-state index contributed by atoms with van der Waals surface area (Å²) < 4.78 is 38.6. The average Bonchev–Trinajstić information content (AvgIpc) is 2.61. The molecular formula is C14H17F3N2O2. The molecule has 21 heavy (non-hydrogen) atoms. The summed E-state index contributed by atoms with van der Waals surface area (Å²) in [5.74, 6) is -0.341. The van der Waals surface area contributed by atoms with Gasteiger partial charge in [-0.25, -0.2) is 0 Å². The number of aliphatic hydroxyl groups is 1. The predicted octanol–water partition coefficient (Wildman–Crippen LogP) is 2.31. The largest absolute Gasteiger partial charge is 0.417 e. The number of likely N-dealkylation sites (tertiary alicyclic amines) is 1. The summed E-state index contributed by atoms with van der Waals surface area (Å²) in [6.45, 7) is 1.83. The molecule has 1 atom stereocenters. The minimum atomic E-state index is -4.67. The fraction of sp³-hybridized carbons (Fsp3) is 0.571. The van der Waals surface area contributed by atoms with Crippen LogP contribution in [-0.2, 0) is 0 Å². The molecule has 0 aromatic carbocycles. The zero-order valence-corrected chi connectivity index (χ0v) is 11.7. The number of alkyl halides is 3. The van der Waals surface area contributed by atoms with Gasteiger partial charge in [-0.3, -0.25) is 9.78 Å². The van der Waals surface area contributed by atoms with Gasteiger partial charge in [0, 0.05) is 31.9 Å². The highest BCUT2D eigenvalue weighted by Crippen LogP contribution is 2.38. The number of amides is 1. The Labute approximate surface area is 120 Å². The summed E-state index contributed by atoms with van der Waals surface area (Å²) in [4.78, 5) is 17.6. The van der Waals surface area contributed by atoms with Crippen LogP contribution >= 0.6 is 0 Å². The number of rotatable bonds is 1. The van der Waals surface area contributed by atoms with Gasteiger partial charge in [0.05, 0.1) is 5.56 Å². The van der Waals surface area contributed by atoms with E-state index in [2.05, 4.69) is 4.98 Å². The summed E-state index contributed by atoms with van der Waals surface area (Å²) in [5, 5.41) is 9.74. The van der Waals surface area contributed by atoms with Crippen LogP contribution in [-0.4, -0.2) is 45.8 Å². The number of nitrogens with zero attached hydrogens (tertiary/aromatic N) is 2. The molecule has 7 heteroatoms. The first kappa shape index (κ1) is 15.8. The van der Waals surface area contributed by atoms with Gasteiger partial charge in [0.1, 0.15) is 0 Å². The number of hydrogen-bond donors (Lipinski definition) is 1. The van der Waals surface area contributed by atoms with Crippen LogP contribution in [0.4, 0.5) is 13.2 Å². The molecule has 1 unspecified atom stereocenters. The number of hydrogen-bond acceptors (Lipinski definition) is 3. The monoisotopic (exact) mass is 302 g/mol. The Morgan fingerprint density at radius 3 is 2.71 bits per heavy atom. The van der Waals surface area contributed by atoms with Crippen LogP contribution in [0.5, 0.6) is 0 Å². The number of pyridine rings is 1. The maximum absolute atomic E-state index is 12.9. The zero-order valence-electron chi connectivity index (χ0n) is 11.7. The van der Waals surface area contributed by atoms with Crippen LogP contribution < -0.4 is 0 Å². The summed E-state index contributed by atoms with van der Waals surface area (Å²) >= 11 is 0. The fourth-order valence-corrected chi connectivity index (χ4v) is 2.46. The highest BCUT2D eigenvalue weighted by atomic mass is 19.4. The van der Waals surface area contributed by atoms with E-state index in [0.717, 1.165) is 5.56 Å². The minimum absolute atomic E-state index is 0.112. The van der Waals surface area contributed by atoms with Gasteiger partial charge in [-0.15, -0.1) is 0 Å². The van der Waals surface area contributed by atoms with E-state index < -0.39 is 18.2 Å². The molecule has 1 aliphatic rings. The molecule has 0 saturated carbocycles. The number of aryl methyl sites for hydroxylation is 1. The Morgan fingerprint density at radius 1 is 1.38 bits per heavy atom. The maximum Gasteiger partial charge on any atom is 0.417 e. The minimum Gasteiger partial charge on any atom is -0.380 e. The quantitative estimate of drug-likeness (QED) is 0.866. The Balaban J connectivity index is 2.14. The lowest BCUT2D eigenvalue weighted by Gasteiger charge is -2.29. The molecule has 1 aromatic heterocycles. The Bertz CT molecular complexity index is 533. The van der Waals surface area contributed by atoms with Crippen LogP contribution in [0.2, 0.25) is 0 Å². The smallest absolute Gasteiger partial charge is 0.380 e. The second kappa shape index (κ2) is 5.63. The number of halogens is 3. The second-order valence-corrected chi connectivity index (χ2v) is 5.37. The molecule has 4 nitrogen and oxygen atoms in total. The van der Waals surface area contributed by atoms with Crippen LogP contribution in [0, 0.1) is 6.92 Å². The molecular weight excluding hydrogens is 285 g/mol. The number of carbonyl (C=O) groups excluding carboxylic acids is 1. The van der Waals surface area contributed by atoms with Gasteiger partial charge in [-0.1, -0.05) is 0 Å². The van der Waals surface area contributed by atoms with E-state index in [-0.39, 0.29) is 31.8 Å². The van der Waals surface area contributed by atoms with Crippen molar-refractivity contribution in [1.29, 1.82) is 0 Å². The first-order valence-electron chi connectivity index (χ1n) is 6.73. The van der Waals surface area contributed by atoms with Crippen molar-refractivity contribution in [3.05, 3.63) is 29.6 Å². The van der Waals surface area contributed by atoms with Crippen molar-refractivity contribution in [3.63, 3.8) is 0 Å². The van der Waals surface area contributed by atoms with Crippen molar-refractivity contribution in [2.45, 2.75) is 38.0 Å². The van der Waals surface area contributed by atoms with Crippen LogP contribution in [0.25, 0.3) is 0 Å². The van der Waals surface area contributed by atoms with Crippen LogP contribution in [0.15, 0.2) is 18.5 Å². The Hall–Kier alpha value is -1.63. The normalized spacial score (nSPS) is 23.8. The predicted molar refractivity (Wildman–Crippen MR) is 69.7 cm³/mol. The van der Waals surface area contributed by atoms with Crippen molar-refractivity contribution in [2.75, 3.05) is 13.1 Å². The molecule has 116 valence electrons. The van der Waals surface area contributed by atoms with Crippen molar-refractivity contribution >= 4 is 5.91 Å². The lowest BCUT2D eigenvalue weighted by atomic mass is 9.94. The first-order valence-corrected chi connectivity index (χ1v) is 6.73. The van der Waals surface area contributed by atoms with Crippen LogP contribution in [0.1, 0.15) is 35.2 Å². The summed E-state index contributed by atoms with van der Waals surface area (Å²) in [7, 11) is 0. The van der Waals surface area contributed by atoms with E-state index in [4.69, 9.17) is 0 Å². The van der Waals surface area contributed by atoms with Gasteiger partial charge in [0.25, 0.3) is 5.91 Å². The molecule has 1 saturated heterocycles. The highest BCUT2D eigenvalue weighted by Gasteiger charge is 2.53. The zero-order chi connectivity index (χ0) is 15.7. The van der Waals surface area contributed by atoms with Crippen molar-refractivity contribution in [2.24, 2.45) is 0 Å². The summed E-state index contributed by atoms with van der Waals surface area (Å²) in [6.07, 6.45) is -2.47. The third kappa shape index (κ3) is 3.18. The standard InChI is InChI=1S/C14H17F3N2O2/c1-10-3-6-18-9-11(10)12(20)19-7-2-4-13(21,5-8-19)14(15,16)17/h3,6,9,21H,2,4-5,7-8H2,1H3. The number of carbonyl (C=O) groups is 1. The van der Waals surface area contributed by atoms with Gasteiger partial charge in [0.2, 0.25) is 0 Å². The van der Waals surface area contributed by atoms with E-state index in [1.165, 1.54) is 11.1 Å². The SMILES string of the molecule is Cc1ccncc1C(=O)N1CCCC(O)(C(F)(F)F)CC1. The average molecular weight is 302 g/mol. The van der Waals surface area contributed by atoms with Crippen molar-refractivity contribution < 1.29 is 23.1 Å². The van der Waals surface area contributed by atoms with E-state index in [0.29, 0.717) is 5.56 Å². The maximum atomic E-state index is 12.9. The summed E-state index contributed by atoms with van der Waals surface area (Å²) in [5.41, 5.74) is -1.59. The third-order valence-electron chi connectivity index (χ3n) is 3.90. The molecule has 1 fully saturated rings. The number of aromatic nitrogens is 1. The molecule has 0 radical (unpaired) electrons. The Kier molecular flexibility index (Phi) is 4.22. The van der Waals surface area contributed by atoms with E-state index >= 15 is 0 Å². The summed E-state index contributed by atoms with van der Waals surface area (Å²) in [6, 6.07) is 1.68. The highest BCUT2D eigenvalue weighted by molar-refractivity contribution is 5.95. The van der Waals surface area contributed by atoms with Gasteiger partial charge >= 0.3 is 6.18 Å². The van der Waals surface area contributed by atoms with E-state index in [1.807, 2.05) is 0 Å². The Morgan fingerprint density at radius 2 is 2.10 bits per heavy atom. The fourth-order valence-electron chi connectivity index (χ4n) is 2.46. The van der Waals surface area contributed by atoms with Gasteiger partial charge < -0.3 is 10.0 Å². The molecule has 1 N–H and O–H groups in total. The molecule has 2 heterocycles.